The van der Waals surface area contributed by atoms with Crippen LogP contribution in [0.4, 0.5) is 0 Å². The first-order valence-corrected chi connectivity index (χ1v) is 10.0. The predicted molar refractivity (Wildman–Crippen MR) is 97.9 cm³/mol. The van der Waals surface area contributed by atoms with E-state index in [0.29, 0.717) is 6.42 Å². The van der Waals surface area contributed by atoms with Gasteiger partial charge in [-0.2, -0.15) is 0 Å². The van der Waals surface area contributed by atoms with Gasteiger partial charge in [0.1, 0.15) is 0 Å². The monoisotopic (exact) mass is 361 g/mol. The third kappa shape index (κ3) is 4.45. The lowest BCUT2D eigenvalue weighted by atomic mass is 10.0. The Hall–Kier alpha value is -2.21. The Morgan fingerprint density at radius 3 is 2.36 bits per heavy atom. The number of benzene rings is 1. The molecule has 25 heavy (non-hydrogen) atoms. The van der Waals surface area contributed by atoms with Gasteiger partial charge in [0.25, 0.3) is 0 Å². The number of aryl methyl sites for hydroxylation is 1. The lowest BCUT2D eigenvalue weighted by Gasteiger charge is -2.25. The number of aromatic nitrogens is 1. The number of rotatable bonds is 7. The van der Waals surface area contributed by atoms with E-state index in [1.807, 2.05) is 42.5 Å². The van der Waals surface area contributed by atoms with Crippen LogP contribution in [0.1, 0.15) is 25.8 Å². The van der Waals surface area contributed by atoms with Gasteiger partial charge in [-0.25, -0.2) is 8.42 Å². The van der Waals surface area contributed by atoms with E-state index in [4.69, 9.17) is 4.74 Å². The molecule has 0 spiro atoms. The van der Waals surface area contributed by atoms with Crippen LogP contribution in [0.3, 0.4) is 0 Å². The zero-order chi connectivity index (χ0) is 18.5. The molecule has 0 saturated carbocycles. The van der Waals surface area contributed by atoms with Crippen molar-refractivity contribution in [1.29, 1.82) is 0 Å². The first kappa shape index (κ1) is 19.1. The van der Waals surface area contributed by atoms with Crippen molar-refractivity contribution in [2.24, 2.45) is 0 Å². The van der Waals surface area contributed by atoms with Crippen molar-refractivity contribution >= 4 is 15.8 Å². The molecule has 0 aliphatic rings. The molecule has 1 unspecified atom stereocenters. The maximum atomic E-state index is 12.2. The summed E-state index contributed by atoms with van der Waals surface area (Å²) in [6, 6.07) is 13.6. The van der Waals surface area contributed by atoms with Crippen LogP contribution >= 0.6 is 0 Å². The van der Waals surface area contributed by atoms with Crippen molar-refractivity contribution in [3.8, 4) is 11.3 Å². The Morgan fingerprint density at radius 1 is 1.16 bits per heavy atom. The summed E-state index contributed by atoms with van der Waals surface area (Å²) in [6.45, 7) is 3.23. The van der Waals surface area contributed by atoms with Crippen molar-refractivity contribution < 1.29 is 17.9 Å². The van der Waals surface area contributed by atoms with E-state index in [1.54, 1.807) is 13.1 Å². The maximum absolute atomic E-state index is 12.2. The van der Waals surface area contributed by atoms with E-state index in [-0.39, 0.29) is 13.0 Å². The second kappa shape index (κ2) is 7.78. The van der Waals surface area contributed by atoms with Crippen LogP contribution in [0.5, 0.6) is 0 Å². The molecule has 134 valence electrons. The summed E-state index contributed by atoms with van der Waals surface area (Å²) in [4.78, 5) is 16.6. The molecule has 1 aromatic heterocycles. The zero-order valence-corrected chi connectivity index (χ0v) is 15.5. The molecule has 0 fully saturated rings. The van der Waals surface area contributed by atoms with E-state index in [2.05, 4.69) is 4.98 Å². The van der Waals surface area contributed by atoms with Crippen molar-refractivity contribution in [3.63, 3.8) is 0 Å². The Labute approximate surface area is 149 Å². The molecule has 1 aromatic carbocycles. The highest BCUT2D eigenvalue weighted by atomic mass is 32.2. The summed E-state index contributed by atoms with van der Waals surface area (Å²) in [6.07, 6.45) is 3.36. The van der Waals surface area contributed by atoms with Crippen molar-refractivity contribution in [3.05, 3.63) is 54.2 Å². The number of esters is 1. The summed E-state index contributed by atoms with van der Waals surface area (Å²) < 4.78 is 27.6. The fraction of sp³-hybridized carbons (Fsp3) is 0.368. The highest BCUT2D eigenvalue weighted by molar-refractivity contribution is 7.92. The van der Waals surface area contributed by atoms with Gasteiger partial charge in [0.15, 0.2) is 14.6 Å². The Bertz CT molecular complexity index is 816. The first-order valence-electron chi connectivity index (χ1n) is 8.15. The maximum Gasteiger partial charge on any atom is 0.327 e. The normalized spacial score (nSPS) is 13.9. The second-order valence-electron chi connectivity index (χ2n) is 6.14. The van der Waals surface area contributed by atoms with Crippen LogP contribution in [-0.4, -0.2) is 37.0 Å². The molecular weight excluding hydrogens is 338 g/mol. The number of ether oxygens (including phenoxy) is 1. The highest BCUT2D eigenvalue weighted by Gasteiger charge is 2.44. The highest BCUT2D eigenvalue weighted by Crippen LogP contribution is 2.25. The molecule has 6 heteroatoms. The van der Waals surface area contributed by atoms with Gasteiger partial charge >= 0.3 is 5.97 Å². The molecule has 0 radical (unpaired) electrons. The average Bonchev–Trinajstić information content (AvgIpc) is 2.60. The van der Waals surface area contributed by atoms with Crippen molar-refractivity contribution in [2.75, 3.05) is 12.9 Å². The fourth-order valence-electron chi connectivity index (χ4n) is 2.46. The molecule has 0 amide bonds. The van der Waals surface area contributed by atoms with Crippen LogP contribution in [0.25, 0.3) is 11.3 Å². The van der Waals surface area contributed by atoms with Gasteiger partial charge in [-0.3, -0.25) is 9.78 Å². The molecule has 1 atom stereocenters. The number of hydrogen-bond acceptors (Lipinski definition) is 5. The number of carbonyl (C=O) groups excluding carboxylic acids is 1. The smallest absolute Gasteiger partial charge is 0.327 e. The number of nitrogens with zero attached hydrogens (tertiary/aromatic N) is 1. The van der Waals surface area contributed by atoms with Crippen LogP contribution in [-0.2, 0) is 25.8 Å². The fourth-order valence-corrected chi connectivity index (χ4v) is 3.29. The molecule has 0 aliphatic carbocycles. The van der Waals surface area contributed by atoms with Crippen molar-refractivity contribution in [1.82, 2.24) is 4.98 Å². The van der Waals surface area contributed by atoms with Gasteiger partial charge in [-0.1, -0.05) is 36.4 Å². The molecule has 2 aromatic rings. The average molecular weight is 361 g/mol. The van der Waals surface area contributed by atoms with Crippen molar-refractivity contribution in [2.45, 2.75) is 31.4 Å². The summed E-state index contributed by atoms with van der Waals surface area (Å²) in [5, 5.41) is 0. The molecule has 0 saturated heterocycles. The van der Waals surface area contributed by atoms with E-state index < -0.39 is 20.6 Å². The molecule has 2 rings (SSSR count). The standard InChI is InChI=1S/C19H23NO4S/c1-4-24-18(21)19(2,25(3,22)23)13-12-15-10-11-17(20-14-15)16-8-6-5-7-9-16/h5-11,14H,4,12-13H2,1-3H3. The molecule has 0 bridgehead atoms. The van der Waals surface area contributed by atoms with Crippen LogP contribution in [0.15, 0.2) is 48.7 Å². The van der Waals surface area contributed by atoms with Gasteiger partial charge < -0.3 is 4.74 Å². The topological polar surface area (TPSA) is 73.3 Å². The third-order valence-corrected chi connectivity index (χ3v) is 6.32. The van der Waals surface area contributed by atoms with Gasteiger partial charge in [0.05, 0.1) is 12.3 Å². The Morgan fingerprint density at radius 2 is 1.84 bits per heavy atom. The van der Waals surface area contributed by atoms with Crippen LogP contribution in [0, 0.1) is 0 Å². The second-order valence-corrected chi connectivity index (χ2v) is 8.59. The van der Waals surface area contributed by atoms with Crippen LogP contribution in [0.2, 0.25) is 0 Å². The van der Waals surface area contributed by atoms with Crippen LogP contribution < -0.4 is 0 Å². The largest absolute Gasteiger partial charge is 0.465 e. The van der Waals surface area contributed by atoms with Gasteiger partial charge in [-0.05, 0) is 38.3 Å². The zero-order valence-electron chi connectivity index (χ0n) is 14.7. The minimum atomic E-state index is -3.60. The molecule has 5 nitrogen and oxygen atoms in total. The van der Waals surface area contributed by atoms with E-state index >= 15 is 0 Å². The third-order valence-electron chi connectivity index (χ3n) is 4.31. The molecule has 0 N–H and O–H groups in total. The first-order chi connectivity index (χ1) is 11.8. The number of sulfone groups is 1. The van der Waals surface area contributed by atoms with E-state index in [1.165, 1.54) is 6.92 Å². The molecule has 0 aliphatic heterocycles. The minimum Gasteiger partial charge on any atom is -0.465 e. The molecular formula is C19H23NO4S. The summed E-state index contributed by atoms with van der Waals surface area (Å²) in [5.41, 5.74) is 2.74. The molecule has 1 heterocycles. The van der Waals surface area contributed by atoms with Gasteiger partial charge in [-0.15, -0.1) is 0 Å². The lowest BCUT2D eigenvalue weighted by molar-refractivity contribution is -0.146. The predicted octanol–water partition coefficient (Wildman–Crippen LogP) is 3.05. The van der Waals surface area contributed by atoms with Gasteiger partial charge in [0.2, 0.25) is 0 Å². The van der Waals surface area contributed by atoms with E-state index in [9.17, 15) is 13.2 Å². The summed E-state index contributed by atoms with van der Waals surface area (Å²) in [5.74, 6) is -0.702. The lowest BCUT2D eigenvalue weighted by Crippen LogP contribution is -2.44. The summed E-state index contributed by atoms with van der Waals surface area (Å²) in [7, 11) is -3.60. The quantitative estimate of drug-likeness (QED) is 0.709. The van der Waals surface area contributed by atoms with E-state index in [0.717, 1.165) is 23.1 Å². The SMILES string of the molecule is CCOC(=O)C(C)(CCc1ccc(-c2ccccc2)nc1)S(C)(=O)=O. The number of hydrogen-bond donors (Lipinski definition) is 0. The number of carbonyl (C=O) groups is 1. The Balaban J connectivity index is 2.14. The minimum absolute atomic E-state index is 0.150. The number of pyridine rings is 1. The summed E-state index contributed by atoms with van der Waals surface area (Å²) >= 11 is 0. The van der Waals surface area contributed by atoms with Gasteiger partial charge in [0, 0.05) is 18.0 Å². The Kier molecular flexibility index (Phi) is 5.95.